The Labute approximate surface area is 239 Å². The highest BCUT2D eigenvalue weighted by atomic mass is 32.2. The molecule has 0 saturated heterocycles. The summed E-state index contributed by atoms with van der Waals surface area (Å²) < 4.78 is 29.0. The minimum Gasteiger partial charge on any atom is -0.354 e. The zero-order valence-corrected chi connectivity index (χ0v) is 25.4. The highest BCUT2D eigenvalue weighted by Gasteiger charge is 2.32. The van der Waals surface area contributed by atoms with Crippen LogP contribution in [0.15, 0.2) is 71.6 Å². The third-order valence-electron chi connectivity index (χ3n) is 6.99. The number of rotatable bonds is 11. The van der Waals surface area contributed by atoms with E-state index in [2.05, 4.69) is 5.32 Å². The van der Waals surface area contributed by atoms with Crippen molar-refractivity contribution in [1.29, 1.82) is 0 Å². The van der Waals surface area contributed by atoms with Crippen molar-refractivity contribution in [2.45, 2.75) is 65.9 Å². The van der Waals surface area contributed by atoms with Gasteiger partial charge in [-0.3, -0.25) is 13.9 Å². The molecule has 0 bridgehead atoms. The number of nitrogens with one attached hydrogen (secondary N) is 1. The molecule has 3 aromatic carbocycles. The summed E-state index contributed by atoms with van der Waals surface area (Å²) in [7, 11) is -4.09. The van der Waals surface area contributed by atoms with Crippen LogP contribution in [0.3, 0.4) is 0 Å². The van der Waals surface area contributed by atoms with Crippen molar-refractivity contribution in [1.82, 2.24) is 10.2 Å². The molecule has 0 aliphatic carbocycles. The van der Waals surface area contributed by atoms with Gasteiger partial charge in [-0.25, -0.2) is 8.42 Å². The molecular formula is C32H41N3O4S. The van der Waals surface area contributed by atoms with Crippen molar-refractivity contribution >= 4 is 27.5 Å². The van der Waals surface area contributed by atoms with Crippen molar-refractivity contribution in [2.75, 3.05) is 17.4 Å². The fraction of sp³-hybridized carbons (Fsp3) is 0.375. The van der Waals surface area contributed by atoms with Gasteiger partial charge in [0, 0.05) is 13.1 Å². The fourth-order valence-electron chi connectivity index (χ4n) is 4.17. The van der Waals surface area contributed by atoms with Crippen LogP contribution < -0.4 is 9.62 Å². The molecular weight excluding hydrogens is 522 g/mol. The van der Waals surface area contributed by atoms with Crippen LogP contribution in [-0.4, -0.2) is 44.3 Å². The smallest absolute Gasteiger partial charge is 0.264 e. The van der Waals surface area contributed by atoms with Gasteiger partial charge in [-0.2, -0.15) is 0 Å². The maximum atomic E-state index is 14.0. The maximum Gasteiger partial charge on any atom is 0.264 e. The van der Waals surface area contributed by atoms with E-state index >= 15 is 0 Å². The number of benzene rings is 3. The first-order valence-corrected chi connectivity index (χ1v) is 15.0. The number of hydrogen-bond acceptors (Lipinski definition) is 4. The number of nitrogens with zero attached hydrogens (tertiary/aromatic N) is 2. The van der Waals surface area contributed by atoms with E-state index in [1.54, 1.807) is 43.3 Å². The number of carbonyl (C=O) groups is 2. The molecule has 2 amide bonds. The zero-order chi connectivity index (χ0) is 29.6. The lowest BCUT2D eigenvalue weighted by atomic mass is 10.1. The van der Waals surface area contributed by atoms with Crippen molar-refractivity contribution < 1.29 is 18.0 Å². The molecule has 0 heterocycles. The van der Waals surface area contributed by atoms with E-state index in [1.165, 1.54) is 4.90 Å². The third kappa shape index (κ3) is 7.72. The number of carbonyl (C=O) groups excluding carboxylic acids is 2. The van der Waals surface area contributed by atoms with E-state index in [-0.39, 0.29) is 23.3 Å². The highest BCUT2D eigenvalue weighted by molar-refractivity contribution is 7.92. The summed E-state index contributed by atoms with van der Waals surface area (Å²) in [5.41, 5.74) is 5.17. The van der Waals surface area contributed by atoms with Gasteiger partial charge in [0.1, 0.15) is 12.6 Å². The van der Waals surface area contributed by atoms with Gasteiger partial charge in [-0.1, -0.05) is 67.4 Å². The van der Waals surface area contributed by atoms with Gasteiger partial charge in [0.25, 0.3) is 10.0 Å². The SMILES string of the molecule is Cc1ccc(CN(C(=O)CN(c2ccc(C)c(C)c2)S(=O)(=O)c2ccc(C)cc2)C(C)C(=O)NCC(C)C)cc1. The van der Waals surface area contributed by atoms with Crippen LogP contribution in [0, 0.1) is 33.6 Å². The number of amides is 2. The Balaban J connectivity index is 2.03. The quantitative estimate of drug-likeness (QED) is 0.343. The van der Waals surface area contributed by atoms with Gasteiger partial charge in [0.2, 0.25) is 11.8 Å². The van der Waals surface area contributed by atoms with Crippen LogP contribution in [0.4, 0.5) is 5.69 Å². The first-order chi connectivity index (χ1) is 18.8. The molecule has 3 rings (SSSR count). The second-order valence-corrected chi connectivity index (χ2v) is 12.8. The Morgan fingerprint density at radius 1 is 0.800 bits per heavy atom. The maximum absolute atomic E-state index is 14.0. The molecule has 3 aromatic rings. The Bertz CT molecular complexity index is 1430. The molecule has 40 heavy (non-hydrogen) atoms. The summed E-state index contributed by atoms with van der Waals surface area (Å²) >= 11 is 0. The van der Waals surface area contributed by atoms with Crippen LogP contribution in [0.2, 0.25) is 0 Å². The monoisotopic (exact) mass is 563 g/mol. The molecule has 7 nitrogen and oxygen atoms in total. The standard InChI is InChI=1S/C32H41N3O4S/c1-22(2)19-33-32(37)27(7)34(20-28-13-8-23(3)9-14-28)31(36)21-35(29-15-12-25(5)26(6)18-29)40(38,39)30-16-10-24(4)11-17-30/h8-18,22,27H,19-21H2,1-7H3,(H,33,37). The predicted molar refractivity (Wildman–Crippen MR) is 161 cm³/mol. The summed E-state index contributed by atoms with van der Waals surface area (Å²) in [5, 5.41) is 2.91. The predicted octanol–water partition coefficient (Wildman–Crippen LogP) is 5.31. The molecule has 1 N–H and O–H groups in total. The topological polar surface area (TPSA) is 86.8 Å². The van der Waals surface area contributed by atoms with Crippen LogP contribution in [0.1, 0.15) is 48.6 Å². The van der Waals surface area contributed by atoms with Crippen molar-refractivity contribution in [3.05, 3.63) is 94.5 Å². The molecule has 0 radical (unpaired) electrons. The summed E-state index contributed by atoms with van der Waals surface area (Å²) in [5.74, 6) is -0.507. The average Bonchev–Trinajstić information content (AvgIpc) is 2.91. The van der Waals surface area contributed by atoms with E-state index in [4.69, 9.17) is 0 Å². The van der Waals surface area contributed by atoms with Crippen LogP contribution in [-0.2, 0) is 26.2 Å². The molecule has 0 aromatic heterocycles. The van der Waals surface area contributed by atoms with Crippen molar-refractivity contribution in [3.8, 4) is 0 Å². The minimum absolute atomic E-state index is 0.0944. The first-order valence-electron chi connectivity index (χ1n) is 13.6. The molecule has 8 heteroatoms. The van der Waals surface area contributed by atoms with Gasteiger partial charge in [-0.15, -0.1) is 0 Å². The van der Waals surface area contributed by atoms with Crippen LogP contribution in [0.5, 0.6) is 0 Å². The summed E-state index contributed by atoms with van der Waals surface area (Å²) in [6, 6.07) is 18.8. The van der Waals surface area contributed by atoms with Crippen LogP contribution in [0.25, 0.3) is 0 Å². The summed E-state index contributed by atoms with van der Waals surface area (Å²) in [6.07, 6.45) is 0. The minimum atomic E-state index is -4.09. The Kier molecular flexibility index (Phi) is 10.1. The Morgan fingerprint density at radius 3 is 1.93 bits per heavy atom. The Hall–Kier alpha value is -3.65. The van der Waals surface area contributed by atoms with Gasteiger partial charge >= 0.3 is 0 Å². The van der Waals surface area contributed by atoms with E-state index in [9.17, 15) is 18.0 Å². The molecule has 0 fully saturated rings. The van der Waals surface area contributed by atoms with Crippen molar-refractivity contribution in [3.63, 3.8) is 0 Å². The largest absolute Gasteiger partial charge is 0.354 e. The molecule has 1 atom stereocenters. The molecule has 1 unspecified atom stereocenters. The number of anilines is 1. The Morgan fingerprint density at radius 2 is 1.38 bits per heavy atom. The van der Waals surface area contributed by atoms with E-state index in [1.807, 2.05) is 71.9 Å². The number of sulfonamides is 1. The second-order valence-electron chi connectivity index (χ2n) is 10.9. The molecule has 0 saturated carbocycles. The third-order valence-corrected chi connectivity index (χ3v) is 8.78. The molecule has 0 spiro atoms. The van der Waals surface area contributed by atoms with Gasteiger partial charge in [-0.05, 0) is 81.5 Å². The molecule has 214 valence electrons. The van der Waals surface area contributed by atoms with Gasteiger partial charge in [0.15, 0.2) is 0 Å². The average molecular weight is 564 g/mol. The highest BCUT2D eigenvalue weighted by Crippen LogP contribution is 2.27. The molecule has 0 aliphatic rings. The van der Waals surface area contributed by atoms with E-state index in [0.717, 1.165) is 32.1 Å². The van der Waals surface area contributed by atoms with E-state index < -0.39 is 28.5 Å². The lowest BCUT2D eigenvalue weighted by molar-refractivity contribution is -0.139. The van der Waals surface area contributed by atoms with Gasteiger partial charge in [0.05, 0.1) is 10.6 Å². The summed E-state index contributed by atoms with van der Waals surface area (Å²) in [4.78, 5) is 28.6. The normalized spacial score (nSPS) is 12.2. The number of hydrogen-bond donors (Lipinski definition) is 1. The lowest BCUT2D eigenvalue weighted by Gasteiger charge is -2.32. The second kappa shape index (κ2) is 13.1. The summed E-state index contributed by atoms with van der Waals surface area (Å²) in [6.45, 7) is 13.6. The fourth-order valence-corrected chi connectivity index (χ4v) is 5.58. The van der Waals surface area contributed by atoms with E-state index in [0.29, 0.717) is 12.2 Å². The zero-order valence-electron chi connectivity index (χ0n) is 24.6. The number of aryl methyl sites for hydroxylation is 4. The van der Waals surface area contributed by atoms with Crippen LogP contribution >= 0.6 is 0 Å². The lowest BCUT2D eigenvalue weighted by Crippen LogP contribution is -2.51. The van der Waals surface area contributed by atoms with Gasteiger partial charge < -0.3 is 10.2 Å². The van der Waals surface area contributed by atoms with Crippen molar-refractivity contribution in [2.24, 2.45) is 5.92 Å². The molecule has 0 aliphatic heterocycles. The first kappa shape index (κ1) is 30.9.